The van der Waals surface area contributed by atoms with Gasteiger partial charge in [-0.15, -0.1) is 0 Å². The van der Waals surface area contributed by atoms with Crippen molar-refractivity contribution < 1.29 is 14.5 Å². The van der Waals surface area contributed by atoms with E-state index >= 15 is 0 Å². The predicted molar refractivity (Wildman–Crippen MR) is 161 cm³/mol. The SMILES string of the molecule is CCOc1ccc(N2C(=O)/C(=C/c3cc(C)n(-c4ccc(N5CCCCC5)c([N+](=O)[O-])c4)c3C)N(C)C2=S)cc1. The van der Waals surface area contributed by atoms with Gasteiger partial charge in [-0.05, 0) is 106 Å². The molecule has 2 aliphatic rings. The summed E-state index contributed by atoms with van der Waals surface area (Å²) in [7, 11) is 1.78. The van der Waals surface area contributed by atoms with Crippen molar-refractivity contribution in [3.8, 4) is 11.4 Å². The number of likely N-dealkylation sites (N-methyl/N-ethyl adjacent to an activating group) is 1. The quantitative estimate of drug-likeness (QED) is 0.152. The molecule has 2 fully saturated rings. The lowest BCUT2D eigenvalue weighted by atomic mass is 10.1. The smallest absolute Gasteiger partial charge is 0.294 e. The van der Waals surface area contributed by atoms with Crippen LogP contribution in [-0.2, 0) is 4.79 Å². The summed E-state index contributed by atoms with van der Waals surface area (Å²) in [5.41, 5.74) is 5.22. The van der Waals surface area contributed by atoms with Crippen molar-refractivity contribution in [1.82, 2.24) is 9.47 Å². The van der Waals surface area contributed by atoms with Crippen LogP contribution in [0.15, 0.2) is 54.2 Å². The first kappa shape index (κ1) is 27.4. The van der Waals surface area contributed by atoms with Crippen LogP contribution in [0.4, 0.5) is 17.1 Å². The summed E-state index contributed by atoms with van der Waals surface area (Å²) in [5.74, 6) is 0.507. The van der Waals surface area contributed by atoms with E-state index in [0.29, 0.717) is 34.5 Å². The van der Waals surface area contributed by atoms with Gasteiger partial charge in [-0.1, -0.05) is 0 Å². The number of hydrogen-bond acceptors (Lipinski definition) is 6. The molecule has 2 aliphatic heterocycles. The molecule has 208 valence electrons. The summed E-state index contributed by atoms with van der Waals surface area (Å²) in [4.78, 5) is 30.6. The molecular formula is C30H33N5O4S. The summed E-state index contributed by atoms with van der Waals surface area (Å²) in [5, 5.41) is 12.4. The molecule has 2 saturated heterocycles. The maximum absolute atomic E-state index is 13.5. The van der Waals surface area contributed by atoms with E-state index in [0.717, 1.165) is 55.1 Å². The van der Waals surface area contributed by atoms with E-state index in [1.54, 1.807) is 18.0 Å². The first-order chi connectivity index (χ1) is 19.2. The van der Waals surface area contributed by atoms with Crippen LogP contribution in [0.3, 0.4) is 0 Å². The van der Waals surface area contributed by atoms with Crippen LogP contribution in [0.25, 0.3) is 11.8 Å². The van der Waals surface area contributed by atoms with E-state index in [1.807, 2.05) is 73.9 Å². The standard InChI is InChI=1S/C30H33N5O4S/c1-5-39-25-12-9-23(10-13-25)34-29(36)28(31(4)30(34)40)18-22-17-20(2)33(21(22)3)24-11-14-26(27(19-24)35(37)38)32-15-7-6-8-16-32/h9-14,17-19H,5-8,15-16H2,1-4H3/b28-18-. The minimum atomic E-state index is -0.299. The Hall–Kier alpha value is -4.18. The number of benzene rings is 2. The third kappa shape index (κ3) is 4.95. The Morgan fingerprint density at radius 3 is 2.35 bits per heavy atom. The molecule has 2 aromatic carbocycles. The largest absolute Gasteiger partial charge is 0.494 e. The number of carbonyl (C=O) groups is 1. The zero-order chi connectivity index (χ0) is 28.6. The van der Waals surface area contributed by atoms with Crippen molar-refractivity contribution in [3.63, 3.8) is 0 Å². The zero-order valence-electron chi connectivity index (χ0n) is 23.2. The molecular weight excluding hydrogens is 526 g/mol. The van der Waals surface area contributed by atoms with Crippen molar-refractivity contribution in [2.24, 2.45) is 0 Å². The molecule has 10 heteroatoms. The van der Waals surface area contributed by atoms with Crippen molar-refractivity contribution in [3.05, 3.63) is 81.3 Å². The molecule has 0 spiro atoms. The van der Waals surface area contributed by atoms with Gasteiger partial charge in [0.25, 0.3) is 11.6 Å². The topological polar surface area (TPSA) is 84.1 Å². The number of hydrogen-bond donors (Lipinski definition) is 0. The highest BCUT2D eigenvalue weighted by Crippen LogP contribution is 2.35. The molecule has 1 amide bonds. The Bertz CT molecular complexity index is 1500. The second kappa shape index (κ2) is 11.1. The fraction of sp³-hybridized carbons (Fsp3) is 0.333. The fourth-order valence-electron chi connectivity index (χ4n) is 5.52. The fourth-order valence-corrected chi connectivity index (χ4v) is 5.81. The lowest BCUT2D eigenvalue weighted by Crippen LogP contribution is -2.31. The normalized spacial score (nSPS) is 16.8. The molecule has 3 aromatic rings. The van der Waals surface area contributed by atoms with Crippen molar-refractivity contribution in [1.29, 1.82) is 0 Å². The Morgan fingerprint density at radius 1 is 1.02 bits per heavy atom. The molecule has 1 aromatic heterocycles. The Labute approximate surface area is 239 Å². The van der Waals surface area contributed by atoms with E-state index in [-0.39, 0.29) is 16.5 Å². The van der Waals surface area contributed by atoms with Crippen LogP contribution in [0, 0.1) is 24.0 Å². The van der Waals surface area contributed by atoms with Crippen LogP contribution in [0.1, 0.15) is 43.1 Å². The highest BCUT2D eigenvalue weighted by molar-refractivity contribution is 7.80. The van der Waals surface area contributed by atoms with E-state index in [4.69, 9.17) is 17.0 Å². The first-order valence-electron chi connectivity index (χ1n) is 13.5. The van der Waals surface area contributed by atoms with Gasteiger partial charge in [-0.3, -0.25) is 19.8 Å². The number of thiocarbonyl (C=S) groups is 1. The van der Waals surface area contributed by atoms with Crippen LogP contribution in [0.2, 0.25) is 0 Å². The van der Waals surface area contributed by atoms with E-state index in [2.05, 4.69) is 4.90 Å². The molecule has 40 heavy (non-hydrogen) atoms. The number of carbonyl (C=O) groups excluding carboxylic acids is 1. The zero-order valence-corrected chi connectivity index (χ0v) is 24.0. The average Bonchev–Trinajstić information content (AvgIpc) is 3.35. The van der Waals surface area contributed by atoms with Gasteiger partial charge >= 0.3 is 0 Å². The average molecular weight is 560 g/mol. The summed E-state index contributed by atoms with van der Waals surface area (Å²) >= 11 is 5.63. The van der Waals surface area contributed by atoms with Gasteiger partial charge in [0.15, 0.2) is 5.11 Å². The summed E-state index contributed by atoms with van der Waals surface area (Å²) in [6.45, 7) is 8.04. The monoisotopic (exact) mass is 559 g/mol. The van der Waals surface area contributed by atoms with Gasteiger partial charge < -0.3 is 19.1 Å². The van der Waals surface area contributed by atoms with Gasteiger partial charge in [-0.2, -0.15) is 0 Å². The van der Waals surface area contributed by atoms with Crippen molar-refractivity contribution in [2.75, 3.05) is 36.5 Å². The van der Waals surface area contributed by atoms with Crippen molar-refractivity contribution in [2.45, 2.75) is 40.0 Å². The minimum Gasteiger partial charge on any atom is -0.494 e. The molecule has 0 radical (unpaired) electrons. The molecule has 0 aliphatic carbocycles. The van der Waals surface area contributed by atoms with Crippen LogP contribution >= 0.6 is 12.2 Å². The maximum atomic E-state index is 13.5. The maximum Gasteiger partial charge on any atom is 0.294 e. The first-order valence-corrected chi connectivity index (χ1v) is 13.9. The molecule has 0 N–H and O–H groups in total. The van der Waals surface area contributed by atoms with Crippen LogP contribution in [-0.4, -0.2) is 52.2 Å². The van der Waals surface area contributed by atoms with Gasteiger partial charge in [0.1, 0.15) is 17.1 Å². The lowest BCUT2D eigenvalue weighted by molar-refractivity contribution is -0.384. The number of nitrogens with zero attached hydrogens (tertiary/aromatic N) is 5. The van der Waals surface area contributed by atoms with Gasteiger partial charge in [-0.25, -0.2) is 0 Å². The molecule has 0 unspecified atom stereocenters. The van der Waals surface area contributed by atoms with Crippen LogP contribution < -0.4 is 14.5 Å². The van der Waals surface area contributed by atoms with Gasteiger partial charge in [0.2, 0.25) is 0 Å². The minimum absolute atomic E-state index is 0.105. The number of aryl methyl sites for hydroxylation is 1. The molecule has 5 rings (SSSR count). The van der Waals surface area contributed by atoms with Gasteiger partial charge in [0, 0.05) is 37.6 Å². The number of rotatable bonds is 7. The summed E-state index contributed by atoms with van der Waals surface area (Å²) in [6.07, 6.45) is 5.07. The number of nitro groups is 1. The molecule has 0 atom stereocenters. The second-order valence-corrected chi connectivity index (χ2v) is 10.4. The van der Waals surface area contributed by atoms with Crippen LogP contribution in [0.5, 0.6) is 5.75 Å². The third-order valence-electron chi connectivity index (χ3n) is 7.54. The van der Waals surface area contributed by atoms with E-state index in [1.165, 1.54) is 4.90 Å². The Balaban J connectivity index is 1.48. The summed E-state index contributed by atoms with van der Waals surface area (Å²) in [6, 6.07) is 14.7. The number of aromatic nitrogens is 1. The molecule has 3 heterocycles. The van der Waals surface area contributed by atoms with Crippen molar-refractivity contribution >= 4 is 46.4 Å². The Kier molecular flexibility index (Phi) is 7.62. The number of nitro benzene ring substituents is 1. The molecule has 9 nitrogen and oxygen atoms in total. The highest BCUT2D eigenvalue weighted by atomic mass is 32.1. The number of piperidine rings is 1. The van der Waals surface area contributed by atoms with E-state index < -0.39 is 0 Å². The highest BCUT2D eigenvalue weighted by Gasteiger charge is 2.37. The van der Waals surface area contributed by atoms with E-state index in [9.17, 15) is 14.9 Å². The Morgan fingerprint density at radius 2 is 1.70 bits per heavy atom. The third-order valence-corrected chi connectivity index (χ3v) is 8.00. The second-order valence-electron chi connectivity index (χ2n) is 10.1. The van der Waals surface area contributed by atoms with Gasteiger partial charge in [0.05, 0.1) is 22.9 Å². The predicted octanol–water partition coefficient (Wildman–Crippen LogP) is 6.00. The lowest BCUT2D eigenvalue weighted by Gasteiger charge is -2.28. The number of anilines is 2. The number of amides is 1. The molecule has 0 saturated carbocycles. The molecule has 0 bridgehead atoms. The number of ether oxygens (including phenoxy) is 1. The summed E-state index contributed by atoms with van der Waals surface area (Å²) < 4.78 is 7.51.